The number of ether oxygens (including phenoxy) is 3. The molecule has 144 valence electrons. The lowest BCUT2D eigenvalue weighted by atomic mass is 10.1. The summed E-state index contributed by atoms with van der Waals surface area (Å²) in [5.74, 6) is 1.63. The molecule has 0 aromatic heterocycles. The maximum absolute atomic E-state index is 10.6. The summed E-state index contributed by atoms with van der Waals surface area (Å²) < 4.78 is 16.7. The van der Waals surface area contributed by atoms with E-state index in [-0.39, 0.29) is 0 Å². The van der Waals surface area contributed by atoms with Gasteiger partial charge in [0.05, 0.1) is 18.3 Å². The highest BCUT2D eigenvalue weighted by molar-refractivity contribution is 6.32. The summed E-state index contributed by atoms with van der Waals surface area (Å²) in [5, 5.41) is 4.03. The molecule has 0 heterocycles. The zero-order valence-electron chi connectivity index (χ0n) is 15.4. The fourth-order valence-corrected chi connectivity index (χ4v) is 2.51. The molecule has 0 aliphatic heterocycles. The molecule has 7 nitrogen and oxygen atoms in total. The van der Waals surface area contributed by atoms with E-state index < -0.39 is 6.03 Å². The fourth-order valence-electron chi connectivity index (χ4n) is 2.23. The van der Waals surface area contributed by atoms with E-state index in [4.69, 9.17) is 31.5 Å². The van der Waals surface area contributed by atoms with Gasteiger partial charge in [0.2, 0.25) is 0 Å². The van der Waals surface area contributed by atoms with Crippen molar-refractivity contribution in [3.05, 3.63) is 52.0 Å². The number of aryl methyl sites for hydroxylation is 2. The topological polar surface area (TPSA) is 95.2 Å². The Balaban J connectivity index is 1.97. The van der Waals surface area contributed by atoms with Crippen LogP contribution in [0.1, 0.15) is 16.7 Å². The van der Waals surface area contributed by atoms with Gasteiger partial charge in [-0.1, -0.05) is 17.7 Å². The van der Waals surface area contributed by atoms with E-state index in [1.165, 1.54) is 24.5 Å². The molecule has 0 saturated heterocycles. The molecule has 0 fully saturated rings. The van der Waals surface area contributed by atoms with Crippen molar-refractivity contribution in [1.82, 2.24) is 5.43 Å². The van der Waals surface area contributed by atoms with Crippen molar-refractivity contribution in [2.24, 2.45) is 10.8 Å². The van der Waals surface area contributed by atoms with Crippen LogP contribution in [0.3, 0.4) is 0 Å². The van der Waals surface area contributed by atoms with Crippen LogP contribution in [-0.2, 0) is 0 Å². The van der Waals surface area contributed by atoms with Gasteiger partial charge in [0, 0.05) is 0 Å². The Hall–Kier alpha value is -2.93. The van der Waals surface area contributed by atoms with Crippen LogP contribution in [0.25, 0.3) is 0 Å². The van der Waals surface area contributed by atoms with Crippen LogP contribution < -0.4 is 25.4 Å². The number of urea groups is 1. The lowest BCUT2D eigenvalue weighted by molar-refractivity contribution is 0.211. The summed E-state index contributed by atoms with van der Waals surface area (Å²) in [7, 11) is 1.51. The SMILES string of the molecule is COc1cc(/C=N\NC(N)=O)cc(Cl)c1OCCOc1ccc(C)c(C)c1. The summed E-state index contributed by atoms with van der Waals surface area (Å²) in [6, 6.07) is 8.47. The number of carbonyl (C=O) groups is 1. The van der Waals surface area contributed by atoms with E-state index >= 15 is 0 Å². The Morgan fingerprint density at radius 1 is 1.19 bits per heavy atom. The van der Waals surface area contributed by atoms with Gasteiger partial charge in [-0.15, -0.1) is 0 Å². The molecule has 2 rings (SSSR count). The second-order valence-corrected chi connectivity index (χ2v) is 6.12. The number of hydrazone groups is 1. The highest BCUT2D eigenvalue weighted by atomic mass is 35.5. The predicted octanol–water partition coefficient (Wildman–Crippen LogP) is 3.43. The van der Waals surface area contributed by atoms with Crippen molar-refractivity contribution >= 4 is 23.8 Å². The van der Waals surface area contributed by atoms with E-state index in [2.05, 4.69) is 17.5 Å². The first-order valence-corrected chi connectivity index (χ1v) is 8.57. The first kappa shape index (κ1) is 20.4. The lowest BCUT2D eigenvalue weighted by Gasteiger charge is -2.14. The van der Waals surface area contributed by atoms with Crippen LogP contribution in [0.15, 0.2) is 35.4 Å². The smallest absolute Gasteiger partial charge is 0.332 e. The molecule has 27 heavy (non-hydrogen) atoms. The molecule has 8 heteroatoms. The molecule has 0 radical (unpaired) electrons. The van der Waals surface area contributed by atoms with Gasteiger partial charge < -0.3 is 19.9 Å². The molecule has 0 aliphatic carbocycles. The quantitative estimate of drug-likeness (QED) is 0.409. The van der Waals surface area contributed by atoms with Crippen molar-refractivity contribution < 1.29 is 19.0 Å². The third-order valence-corrected chi connectivity index (χ3v) is 4.00. The van der Waals surface area contributed by atoms with Crippen LogP contribution in [0.2, 0.25) is 5.02 Å². The molecule has 0 saturated carbocycles. The Labute approximate surface area is 163 Å². The molecule has 0 atom stereocenters. The second-order valence-electron chi connectivity index (χ2n) is 5.71. The number of carbonyl (C=O) groups excluding carboxylic acids is 1. The van der Waals surface area contributed by atoms with E-state index in [0.29, 0.717) is 35.3 Å². The van der Waals surface area contributed by atoms with Crippen molar-refractivity contribution in [2.45, 2.75) is 13.8 Å². The maximum atomic E-state index is 10.6. The molecule has 0 unspecified atom stereocenters. The first-order valence-electron chi connectivity index (χ1n) is 8.19. The average molecular weight is 392 g/mol. The Morgan fingerprint density at radius 3 is 2.59 bits per heavy atom. The number of hydrogen-bond acceptors (Lipinski definition) is 5. The Kier molecular flexibility index (Phi) is 7.31. The standard InChI is InChI=1S/C19H22ClN3O4/c1-12-4-5-15(8-13(12)2)26-6-7-27-18-16(20)9-14(10-17(18)25-3)11-22-23-19(21)24/h4-5,8-11H,6-7H2,1-3H3,(H3,21,23,24)/b22-11-. The van der Waals surface area contributed by atoms with Crippen LogP contribution in [-0.4, -0.2) is 32.6 Å². The van der Waals surface area contributed by atoms with Crippen LogP contribution in [0.5, 0.6) is 17.2 Å². The summed E-state index contributed by atoms with van der Waals surface area (Å²) in [4.78, 5) is 10.6. The van der Waals surface area contributed by atoms with Gasteiger partial charge in [-0.3, -0.25) is 0 Å². The highest BCUT2D eigenvalue weighted by Crippen LogP contribution is 2.36. The van der Waals surface area contributed by atoms with Crippen LogP contribution >= 0.6 is 11.6 Å². The zero-order valence-corrected chi connectivity index (χ0v) is 16.2. The van der Waals surface area contributed by atoms with E-state index in [1.807, 2.05) is 25.1 Å². The number of nitrogens with two attached hydrogens (primary N) is 1. The minimum atomic E-state index is -0.756. The Morgan fingerprint density at radius 2 is 1.93 bits per heavy atom. The third-order valence-electron chi connectivity index (χ3n) is 3.72. The third kappa shape index (κ3) is 6.07. The van der Waals surface area contributed by atoms with Crippen molar-refractivity contribution in [1.29, 1.82) is 0 Å². The minimum absolute atomic E-state index is 0.291. The van der Waals surface area contributed by atoms with E-state index in [9.17, 15) is 4.79 Å². The van der Waals surface area contributed by atoms with Gasteiger partial charge in [-0.25, -0.2) is 10.2 Å². The van der Waals surface area contributed by atoms with Crippen LogP contribution in [0, 0.1) is 13.8 Å². The fraction of sp³-hybridized carbons (Fsp3) is 0.263. The number of rotatable bonds is 8. The summed E-state index contributed by atoms with van der Waals surface area (Å²) in [6.07, 6.45) is 1.39. The van der Waals surface area contributed by atoms with Gasteiger partial charge in [-0.05, 0) is 54.8 Å². The molecular formula is C19H22ClN3O4. The van der Waals surface area contributed by atoms with Gasteiger partial charge in [0.1, 0.15) is 19.0 Å². The molecule has 3 N–H and O–H groups in total. The number of nitrogens with one attached hydrogen (secondary N) is 1. The largest absolute Gasteiger partial charge is 0.493 e. The van der Waals surface area contributed by atoms with Crippen molar-refractivity contribution in [2.75, 3.05) is 20.3 Å². The molecule has 0 aliphatic rings. The number of halogens is 1. The maximum Gasteiger partial charge on any atom is 0.332 e. The molecule has 0 bridgehead atoms. The molecular weight excluding hydrogens is 370 g/mol. The number of nitrogens with zero attached hydrogens (tertiary/aromatic N) is 1. The number of primary amides is 1. The lowest BCUT2D eigenvalue weighted by Crippen LogP contribution is -2.24. The molecule has 2 aromatic rings. The molecule has 2 aromatic carbocycles. The summed E-state index contributed by atoms with van der Waals surface area (Å²) >= 11 is 6.27. The average Bonchev–Trinajstić information content (AvgIpc) is 2.62. The first-order chi connectivity index (χ1) is 12.9. The minimum Gasteiger partial charge on any atom is -0.493 e. The van der Waals surface area contributed by atoms with Crippen molar-refractivity contribution in [3.63, 3.8) is 0 Å². The predicted molar refractivity (Wildman–Crippen MR) is 105 cm³/mol. The van der Waals surface area contributed by atoms with Crippen LogP contribution in [0.4, 0.5) is 4.79 Å². The Bertz CT molecular complexity index is 840. The summed E-state index contributed by atoms with van der Waals surface area (Å²) in [6.45, 7) is 4.73. The van der Waals surface area contributed by atoms with Gasteiger partial charge >= 0.3 is 6.03 Å². The second kappa shape index (κ2) is 9.68. The number of amides is 2. The summed E-state index contributed by atoms with van der Waals surface area (Å²) in [5.41, 5.74) is 10.0. The zero-order chi connectivity index (χ0) is 19.8. The van der Waals surface area contributed by atoms with Gasteiger partial charge in [0.15, 0.2) is 11.5 Å². The molecule has 0 spiro atoms. The number of hydrogen-bond donors (Lipinski definition) is 2. The van der Waals surface area contributed by atoms with Crippen molar-refractivity contribution in [3.8, 4) is 17.2 Å². The normalized spacial score (nSPS) is 10.7. The van der Waals surface area contributed by atoms with E-state index in [1.54, 1.807) is 12.1 Å². The number of methoxy groups -OCH3 is 1. The number of benzene rings is 2. The van der Waals surface area contributed by atoms with Gasteiger partial charge in [-0.2, -0.15) is 5.10 Å². The highest BCUT2D eigenvalue weighted by Gasteiger charge is 2.12. The molecule has 2 amide bonds. The monoisotopic (exact) mass is 391 g/mol. The van der Waals surface area contributed by atoms with Gasteiger partial charge in [0.25, 0.3) is 0 Å². The van der Waals surface area contributed by atoms with E-state index in [0.717, 1.165) is 5.75 Å².